The maximum atomic E-state index is 11.8. The zero-order valence-corrected chi connectivity index (χ0v) is 39.2. The quantitative estimate of drug-likeness (QED) is 0.156. The van der Waals surface area contributed by atoms with E-state index < -0.39 is 0 Å². The summed E-state index contributed by atoms with van der Waals surface area (Å²) in [5.74, 6) is 1.34. The smallest absolute Gasteiger partial charge is 0.159 e. The third-order valence-corrected chi connectivity index (χ3v) is 15.4. The molecule has 2 heterocycles. The number of para-hydroxylation sites is 3. The average molecular weight is 899 g/mol. The van der Waals surface area contributed by atoms with Crippen LogP contribution in [0.5, 0.6) is 5.75 Å². The second-order valence-electron chi connectivity index (χ2n) is 19.7. The molecule has 5 heteroatoms. The van der Waals surface area contributed by atoms with Crippen LogP contribution in [-0.2, 0) is 0 Å². The normalized spacial score (nSPS) is 14.6. The second-order valence-corrected chi connectivity index (χ2v) is 19.7. The summed E-state index contributed by atoms with van der Waals surface area (Å²) in [6.07, 6.45) is 9.66. The van der Waals surface area contributed by atoms with Crippen molar-refractivity contribution in [1.82, 2.24) is 0 Å². The summed E-state index contributed by atoms with van der Waals surface area (Å²) in [4.78, 5) is 4.66. The third-order valence-electron chi connectivity index (χ3n) is 15.4. The highest BCUT2D eigenvalue weighted by Gasteiger charge is 2.27. The molecule has 0 unspecified atom stereocenters. The van der Waals surface area contributed by atoms with E-state index in [-0.39, 0.29) is 0 Å². The zero-order valence-electron chi connectivity index (χ0n) is 39.2. The number of aromatic hydroxyl groups is 1. The first-order valence-corrected chi connectivity index (χ1v) is 24.9. The van der Waals surface area contributed by atoms with Crippen LogP contribution in [0.3, 0.4) is 0 Å². The van der Waals surface area contributed by atoms with E-state index in [1.54, 1.807) is 0 Å². The minimum atomic E-state index is 0.403. The minimum absolute atomic E-state index is 0.403. The maximum Gasteiger partial charge on any atom is 0.159 e. The number of phenolic OH excluding ortho intramolecular Hbond substituents is 1. The summed E-state index contributed by atoms with van der Waals surface area (Å²) < 4.78 is 14.1. The van der Waals surface area contributed by atoms with Crippen molar-refractivity contribution in [1.29, 1.82) is 0 Å². The number of aryl methyl sites for hydroxylation is 2. The Morgan fingerprint density at radius 3 is 1.71 bits per heavy atom. The Morgan fingerprint density at radius 2 is 0.986 bits per heavy atom. The minimum Gasteiger partial charge on any atom is -0.507 e. The van der Waals surface area contributed by atoms with E-state index in [2.05, 4.69) is 200 Å². The first-order valence-electron chi connectivity index (χ1n) is 24.9. The number of rotatable bonds is 9. The third kappa shape index (κ3) is 7.05. The Labute approximate surface area is 402 Å². The predicted octanol–water partition coefficient (Wildman–Crippen LogP) is 18.9. The molecule has 9 aromatic carbocycles. The van der Waals surface area contributed by atoms with Gasteiger partial charge in [0.2, 0.25) is 0 Å². The van der Waals surface area contributed by atoms with Crippen LogP contribution in [0.1, 0.15) is 85.5 Å². The average Bonchev–Trinajstić information content (AvgIpc) is 4.23. The molecular formula is C64H54N2O3. The number of hydrogen-bond acceptors (Lipinski definition) is 5. The number of benzene rings is 9. The van der Waals surface area contributed by atoms with Gasteiger partial charge < -0.3 is 23.7 Å². The first-order chi connectivity index (χ1) is 33.9. The fourth-order valence-electron chi connectivity index (χ4n) is 11.9. The van der Waals surface area contributed by atoms with Crippen LogP contribution in [0.4, 0.5) is 34.1 Å². The lowest BCUT2D eigenvalue weighted by Crippen LogP contribution is -2.10. The van der Waals surface area contributed by atoms with E-state index >= 15 is 0 Å². The number of phenols is 1. The summed E-state index contributed by atoms with van der Waals surface area (Å²) in [6, 6.07) is 63.2. The molecule has 13 rings (SSSR count). The van der Waals surface area contributed by atoms with Crippen LogP contribution in [0.25, 0.3) is 65.8 Å². The Hall–Kier alpha value is -7.76. The Kier molecular flexibility index (Phi) is 10.1. The molecule has 5 nitrogen and oxygen atoms in total. The highest BCUT2D eigenvalue weighted by atomic mass is 16.3. The fourth-order valence-corrected chi connectivity index (χ4v) is 11.9. The van der Waals surface area contributed by atoms with Gasteiger partial charge in [0.1, 0.15) is 22.5 Å². The van der Waals surface area contributed by atoms with E-state index in [0.29, 0.717) is 17.6 Å². The van der Waals surface area contributed by atoms with Crippen LogP contribution in [0, 0.1) is 13.8 Å². The number of anilines is 6. The molecule has 11 aromatic rings. The van der Waals surface area contributed by atoms with E-state index in [9.17, 15) is 5.11 Å². The molecule has 0 radical (unpaired) electrons. The van der Waals surface area contributed by atoms with Crippen molar-refractivity contribution in [2.45, 2.75) is 77.0 Å². The monoisotopic (exact) mass is 898 g/mol. The van der Waals surface area contributed by atoms with Crippen LogP contribution in [0.2, 0.25) is 0 Å². The summed E-state index contributed by atoms with van der Waals surface area (Å²) in [5.41, 5.74) is 16.2. The van der Waals surface area contributed by atoms with Crippen LogP contribution >= 0.6 is 0 Å². The van der Waals surface area contributed by atoms with Crippen molar-refractivity contribution in [3.05, 3.63) is 198 Å². The highest BCUT2D eigenvalue weighted by molar-refractivity contribution is 6.23. The van der Waals surface area contributed by atoms with Crippen LogP contribution in [0.15, 0.2) is 185 Å². The van der Waals surface area contributed by atoms with Crippen molar-refractivity contribution in [3.63, 3.8) is 0 Å². The van der Waals surface area contributed by atoms with Crippen LogP contribution in [-0.4, -0.2) is 5.11 Å². The molecule has 0 saturated heterocycles. The molecule has 338 valence electrons. The molecule has 2 aromatic heterocycles. The van der Waals surface area contributed by atoms with E-state index in [1.807, 2.05) is 0 Å². The van der Waals surface area contributed by atoms with Gasteiger partial charge in [-0.2, -0.15) is 0 Å². The molecule has 0 bridgehead atoms. The zero-order chi connectivity index (χ0) is 46.2. The SMILES string of the molecule is Cc1ccc(N(c2cccc(-c3cccc(C4CCCC4)c3O)c2)c2cc3oc4cc(N(c5ccc(C)cc5)c5cccc6c5oc5c(C7CCCC7)cccc56)ccc4c3c3ccccc23)cc1. The van der Waals surface area contributed by atoms with Gasteiger partial charge in [-0.1, -0.05) is 146 Å². The first kappa shape index (κ1) is 41.4. The largest absolute Gasteiger partial charge is 0.507 e. The van der Waals surface area contributed by atoms with Gasteiger partial charge in [0.15, 0.2) is 5.58 Å². The van der Waals surface area contributed by atoms with E-state index in [1.165, 1.54) is 60.6 Å². The summed E-state index contributed by atoms with van der Waals surface area (Å²) in [6.45, 7) is 4.26. The Morgan fingerprint density at radius 1 is 0.420 bits per heavy atom. The molecule has 0 spiro atoms. The van der Waals surface area contributed by atoms with Crippen molar-refractivity contribution >= 4 is 88.8 Å². The molecule has 69 heavy (non-hydrogen) atoms. The molecule has 2 fully saturated rings. The Bertz CT molecular complexity index is 3740. The van der Waals surface area contributed by atoms with Gasteiger partial charge in [-0.3, -0.25) is 0 Å². The second kappa shape index (κ2) is 16.8. The number of nitrogens with zero attached hydrogens (tertiary/aromatic N) is 2. The van der Waals surface area contributed by atoms with Gasteiger partial charge in [0.25, 0.3) is 0 Å². The molecule has 0 amide bonds. The van der Waals surface area contributed by atoms with E-state index in [0.717, 1.165) is 113 Å². The van der Waals surface area contributed by atoms with Crippen LogP contribution < -0.4 is 9.80 Å². The summed E-state index contributed by atoms with van der Waals surface area (Å²) >= 11 is 0. The van der Waals surface area contributed by atoms with Crippen molar-refractivity contribution in [2.75, 3.05) is 9.80 Å². The lowest BCUT2D eigenvalue weighted by atomic mass is 9.92. The van der Waals surface area contributed by atoms with Gasteiger partial charge in [-0.05, 0) is 128 Å². The predicted molar refractivity (Wildman–Crippen MR) is 287 cm³/mol. The van der Waals surface area contributed by atoms with Gasteiger partial charge in [-0.15, -0.1) is 0 Å². The van der Waals surface area contributed by atoms with Crippen molar-refractivity contribution < 1.29 is 13.9 Å². The number of hydrogen-bond donors (Lipinski definition) is 1. The molecule has 2 saturated carbocycles. The maximum absolute atomic E-state index is 11.8. The fraction of sp³-hybridized carbons (Fsp3) is 0.188. The summed E-state index contributed by atoms with van der Waals surface area (Å²) in [5, 5.41) is 18.5. The molecule has 0 aliphatic heterocycles. The van der Waals surface area contributed by atoms with Gasteiger partial charge in [-0.25, -0.2) is 0 Å². The molecule has 1 N–H and O–H groups in total. The standard InChI is InChI=1S/C64H54N2O3/c1-40-27-31-45(32-28-40)65(57-26-12-25-55-54-24-11-23-51(43-15-5-6-16-43)63(54)69-64(55)57)48-35-36-56-59(38-48)68-60-39-58(52-19-7-8-20-53(52)61(56)60)66(46-33-29-41(2)30-34-46)47-18-9-17-44(37-47)50-22-10-21-49(62(50)67)42-13-3-4-14-42/h7-12,17-39,42-43,67H,3-6,13-16H2,1-2H3. The highest BCUT2D eigenvalue weighted by Crippen LogP contribution is 2.50. The lowest BCUT2D eigenvalue weighted by Gasteiger charge is -2.27. The van der Waals surface area contributed by atoms with E-state index in [4.69, 9.17) is 8.83 Å². The van der Waals surface area contributed by atoms with Gasteiger partial charge in [0, 0.05) is 61.7 Å². The summed E-state index contributed by atoms with van der Waals surface area (Å²) in [7, 11) is 0. The van der Waals surface area contributed by atoms with Crippen molar-refractivity contribution in [2.24, 2.45) is 0 Å². The Balaban J connectivity index is 0.976. The lowest BCUT2D eigenvalue weighted by molar-refractivity contribution is 0.463. The molecule has 2 aliphatic rings. The molecular weight excluding hydrogens is 845 g/mol. The number of furan rings is 2. The molecule has 2 aliphatic carbocycles. The van der Waals surface area contributed by atoms with Gasteiger partial charge in [0.05, 0.1) is 17.1 Å². The number of fused-ring (bicyclic) bond motifs is 8. The van der Waals surface area contributed by atoms with Gasteiger partial charge >= 0.3 is 0 Å². The molecule has 0 atom stereocenters. The van der Waals surface area contributed by atoms with Crippen molar-refractivity contribution in [3.8, 4) is 16.9 Å². The topological polar surface area (TPSA) is 53.0 Å².